The molecule has 1 aliphatic heterocycles. The zero-order valence-electron chi connectivity index (χ0n) is 10.8. The van der Waals surface area contributed by atoms with Crippen molar-refractivity contribution in [1.82, 2.24) is 4.90 Å². The van der Waals surface area contributed by atoms with Crippen LogP contribution in [0.4, 0.5) is 0 Å². The Balaban J connectivity index is 1.65. The van der Waals surface area contributed by atoms with Crippen LogP contribution >= 0.6 is 11.6 Å². The summed E-state index contributed by atoms with van der Waals surface area (Å²) in [6.07, 6.45) is 1.96. The smallest absolute Gasteiger partial charge is 0.0546 e. The highest BCUT2D eigenvalue weighted by molar-refractivity contribution is 6.30. The van der Waals surface area contributed by atoms with Gasteiger partial charge in [-0.3, -0.25) is 4.90 Å². The average Bonchev–Trinajstić information content (AvgIpc) is 2.79. The Morgan fingerprint density at radius 2 is 1.94 bits per heavy atom. The number of aliphatic hydroxyl groups is 1. The van der Waals surface area contributed by atoms with Gasteiger partial charge in [0.15, 0.2) is 0 Å². The van der Waals surface area contributed by atoms with E-state index in [1.807, 2.05) is 12.1 Å². The van der Waals surface area contributed by atoms with Crippen LogP contribution in [0.5, 0.6) is 0 Å². The maximum atomic E-state index is 9.65. The van der Waals surface area contributed by atoms with Gasteiger partial charge in [-0.1, -0.05) is 17.7 Å². The minimum Gasteiger partial charge on any atom is -0.393 e. The molecule has 0 radical (unpaired) electrons. The number of benzene rings is 1. The first-order valence-corrected chi connectivity index (χ1v) is 7.15. The summed E-state index contributed by atoms with van der Waals surface area (Å²) < 4.78 is 0. The summed E-state index contributed by atoms with van der Waals surface area (Å²) in [4.78, 5) is 2.53. The summed E-state index contributed by atoms with van der Waals surface area (Å²) in [5, 5.41) is 10.5. The Kier molecular flexibility index (Phi) is 3.35. The second-order valence-corrected chi connectivity index (χ2v) is 6.35. The summed E-state index contributed by atoms with van der Waals surface area (Å²) in [5.41, 5.74) is 2.65. The van der Waals surface area contributed by atoms with Gasteiger partial charge in [0.25, 0.3) is 0 Å². The monoisotopic (exact) mass is 265 g/mol. The Morgan fingerprint density at radius 1 is 1.28 bits per heavy atom. The minimum atomic E-state index is -0.0422. The fraction of sp³-hybridized carbons (Fsp3) is 0.600. The highest BCUT2D eigenvalue weighted by Gasteiger charge is 2.39. The lowest BCUT2D eigenvalue weighted by atomic mass is 10.0. The Labute approximate surface area is 114 Å². The van der Waals surface area contributed by atoms with Gasteiger partial charge in [0.2, 0.25) is 0 Å². The molecule has 0 aromatic heterocycles. The zero-order valence-corrected chi connectivity index (χ0v) is 11.5. The molecule has 3 rings (SSSR count). The van der Waals surface area contributed by atoms with Crippen molar-refractivity contribution in [2.24, 2.45) is 11.8 Å². The lowest BCUT2D eigenvalue weighted by molar-refractivity contribution is 0.161. The molecule has 1 heterocycles. The number of nitrogens with zero attached hydrogens (tertiary/aromatic N) is 1. The molecule has 1 unspecified atom stereocenters. The fourth-order valence-corrected chi connectivity index (χ4v) is 3.80. The first kappa shape index (κ1) is 12.5. The van der Waals surface area contributed by atoms with E-state index in [2.05, 4.69) is 17.9 Å². The van der Waals surface area contributed by atoms with E-state index in [1.165, 1.54) is 11.1 Å². The minimum absolute atomic E-state index is 0.0422. The van der Waals surface area contributed by atoms with Crippen LogP contribution in [0.2, 0.25) is 5.02 Å². The summed E-state index contributed by atoms with van der Waals surface area (Å²) in [6, 6.07) is 6.16. The number of rotatable bonds is 2. The summed E-state index contributed by atoms with van der Waals surface area (Å²) >= 11 is 5.99. The number of likely N-dealkylation sites (tertiary alicyclic amines) is 1. The predicted molar refractivity (Wildman–Crippen MR) is 73.7 cm³/mol. The topological polar surface area (TPSA) is 23.5 Å². The number of aliphatic hydroxyl groups excluding tert-OH is 1. The van der Waals surface area contributed by atoms with Crippen molar-refractivity contribution in [3.05, 3.63) is 34.3 Å². The zero-order chi connectivity index (χ0) is 12.7. The summed E-state index contributed by atoms with van der Waals surface area (Å²) in [5.74, 6) is 1.43. The van der Waals surface area contributed by atoms with Gasteiger partial charge in [-0.2, -0.15) is 0 Å². The third kappa shape index (κ3) is 2.42. The number of fused-ring (bicyclic) bond motifs is 1. The van der Waals surface area contributed by atoms with Crippen LogP contribution in [0.3, 0.4) is 0 Å². The second-order valence-electron chi connectivity index (χ2n) is 5.91. The SMILES string of the molecule is Cc1cc(Cl)ccc1CN1C[C@H]2CC(O)C[C@H]2C1. The van der Waals surface area contributed by atoms with Crippen molar-refractivity contribution in [2.75, 3.05) is 13.1 Å². The van der Waals surface area contributed by atoms with Gasteiger partial charge in [0.1, 0.15) is 0 Å². The van der Waals surface area contributed by atoms with E-state index < -0.39 is 0 Å². The van der Waals surface area contributed by atoms with Crippen LogP contribution in [0.25, 0.3) is 0 Å². The molecule has 1 aromatic carbocycles. The van der Waals surface area contributed by atoms with E-state index >= 15 is 0 Å². The number of hydrogen-bond acceptors (Lipinski definition) is 2. The molecule has 2 fully saturated rings. The van der Waals surface area contributed by atoms with E-state index in [1.54, 1.807) is 0 Å². The molecular formula is C15H20ClNO. The van der Waals surface area contributed by atoms with Gasteiger partial charge in [0.05, 0.1) is 6.10 Å². The van der Waals surface area contributed by atoms with E-state index in [-0.39, 0.29) is 6.10 Å². The third-order valence-corrected chi connectivity index (χ3v) is 4.74. The molecular weight excluding hydrogens is 246 g/mol. The van der Waals surface area contributed by atoms with Crippen LogP contribution in [0.15, 0.2) is 18.2 Å². The molecule has 3 atom stereocenters. The molecule has 1 N–H and O–H groups in total. The van der Waals surface area contributed by atoms with Crippen molar-refractivity contribution in [1.29, 1.82) is 0 Å². The Morgan fingerprint density at radius 3 is 2.56 bits per heavy atom. The molecule has 1 saturated carbocycles. The maximum absolute atomic E-state index is 9.65. The van der Waals surface area contributed by atoms with Gasteiger partial charge in [-0.15, -0.1) is 0 Å². The van der Waals surface area contributed by atoms with Gasteiger partial charge < -0.3 is 5.11 Å². The van der Waals surface area contributed by atoms with Gasteiger partial charge in [0, 0.05) is 24.7 Å². The Bertz CT molecular complexity index is 434. The molecule has 2 aliphatic rings. The molecule has 1 aliphatic carbocycles. The van der Waals surface area contributed by atoms with Crippen LogP contribution < -0.4 is 0 Å². The predicted octanol–water partition coefficient (Wildman–Crippen LogP) is 2.85. The van der Waals surface area contributed by atoms with Crippen LogP contribution in [-0.2, 0) is 6.54 Å². The molecule has 0 amide bonds. The van der Waals surface area contributed by atoms with Crippen molar-refractivity contribution >= 4 is 11.6 Å². The second kappa shape index (κ2) is 4.84. The molecule has 0 spiro atoms. The molecule has 0 bridgehead atoms. The highest BCUT2D eigenvalue weighted by atomic mass is 35.5. The van der Waals surface area contributed by atoms with E-state index in [0.717, 1.165) is 37.5 Å². The van der Waals surface area contributed by atoms with E-state index in [0.29, 0.717) is 11.8 Å². The van der Waals surface area contributed by atoms with Crippen LogP contribution in [0.1, 0.15) is 24.0 Å². The first-order chi connectivity index (χ1) is 8.61. The molecule has 1 aromatic rings. The Hall–Kier alpha value is -0.570. The number of halogens is 1. The van der Waals surface area contributed by atoms with E-state index in [4.69, 9.17) is 11.6 Å². The van der Waals surface area contributed by atoms with Crippen molar-refractivity contribution in [2.45, 2.75) is 32.4 Å². The summed E-state index contributed by atoms with van der Waals surface area (Å²) in [7, 11) is 0. The maximum Gasteiger partial charge on any atom is 0.0546 e. The van der Waals surface area contributed by atoms with Crippen molar-refractivity contribution < 1.29 is 5.11 Å². The van der Waals surface area contributed by atoms with Crippen molar-refractivity contribution in [3.63, 3.8) is 0 Å². The highest BCUT2D eigenvalue weighted by Crippen LogP contribution is 2.38. The van der Waals surface area contributed by atoms with Gasteiger partial charge in [-0.05, 0) is 54.9 Å². The molecule has 1 saturated heterocycles. The number of hydrogen-bond donors (Lipinski definition) is 1. The van der Waals surface area contributed by atoms with Crippen LogP contribution in [-0.4, -0.2) is 29.2 Å². The third-order valence-electron chi connectivity index (χ3n) is 4.50. The quantitative estimate of drug-likeness (QED) is 0.889. The van der Waals surface area contributed by atoms with Crippen LogP contribution in [0, 0.1) is 18.8 Å². The number of aryl methyl sites for hydroxylation is 1. The normalized spacial score (nSPS) is 31.8. The molecule has 2 nitrogen and oxygen atoms in total. The summed E-state index contributed by atoms with van der Waals surface area (Å²) in [6.45, 7) is 5.43. The average molecular weight is 266 g/mol. The molecule has 18 heavy (non-hydrogen) atoms. The standard InChI is InChI=1S/C15H20ClNO/c1-10-4-14(16)3-2-11(10)7-17-8-12-5-15(18)6-13(12)9-17/h2-4,12-13,15,18H,5-9H2,1H3/t12-,13+,15?. The van der Waals surface area contributed by atoms with Gasteiger partial charge >= 0.3 is 0 Å². The molecule has 3 heteroatoms. The lowest BCUT2D eigenvalue weighted by Crippen LogP contribution is -2.23. The van der Waals surface area contributed by atoms with Crippen molar-refractivity contribution in [3.8, 4) is 0 Å². The van der Waals surface area contributed by atoms with Gasteiger partial charge in [-0.25, -0.2) is 0 Å². The lowest BCUT2D eigenvalue weighted by Gasteiger charge is -2.19. The van der Waals surface area contributed by atoms with E-state index in [9.17, 15) is 5.11 Å². The molecule has 98 valence electrons. The first-order valence-electron chi connectivity index (χ1n) is 6.77. The largest absolute Gasteiger partial charge is 0.393 e. The fourth-order valence-electron chi connectivity index (χ4n) is 3.57.